The molecule has 86 valence electrons. The van der Waals surface area contributed by atoms with Crippen molar-refractivity contribution in [1.82, 2.24) is 10.6 Å². The van der Waals surface area contributed by atoms with Crippen molar-refractivity contribution >= 4 is 12.1 Å². The van der Waals surface area contributed by atoms with Crippen molar-refractivity contribution in [2.45, 2.75) is 26.3 Å². The van der Waals surface area contributed by atoms with Gasteiger partial charge in [0.15, 0.2) is 0 Å². The Labute approximate surface area is 96.6 Å². The first-order chi connectivity index (χ1) is 7.72. The summed E-state index contributed by atoms with van der Waals surface area (Å²) in [5.74, 6) is 0. The van der Waals surface area contributed by atoms with Gasteiger partial charge in [0, 0.05) is 12.2 Å². The molecule has 1 atom stereocenters. The molecule has 0 spiro atoms. The van der Waals surface area contributed by atoms with Gasteiger partial charge in [0.25, 0.3) is 0 Å². The van der Waals surface area contributed by atoms with Gasteiger partial charge in [0.05, 0.1) is 0 Å². The average molecular weight is 218 g/mol. The third-order valence-electron chi connectivity index (χ3n) is 2.28. The minimum absolute atomic E-state index is 0.165. The highest BCUT2D eigenvalue weighted by Crippen LogP contribution is 1.99. The zero-order chi connectivity index (χ0) is 11.8. The van der Waals surface area contributed by atoms with Gasteiger partial charge < -0.3 is 10.6 Å². The normalized spacial score (nSPS) is 12.4. The molecule has 0 bridgehead atoms. The maximum absolute atomic E-state index is 11.3. The second-order valence-corrected chi connectivity index (χ2v) is 3.67. The second-order valence-electron chi connectivity index (χ2n) is 3.67. The van der Waals surface area contributed by atoms with E-state index in [4.69, 9.17) is 0 Å². The Balaban J connectivity index is 2.34. The molecule has 0 radical (unpaired) electrons. The summed E-state index contributed by atoms with van der Waals surface area (Å²) >= 11 is 0. The van der Waals surface area contributed by atoms with Crippen LogP contribution in [0.15, 0.2) is 36.5 Å². The molecule has 3 heteroatoms. The number of urea groups is 1. The van der Waals surface area contributed by atoms with E-state index in [0.29, 0.717) is 0 Å². The summed E-state index contributed by atoms with van der Waals surface area (Å²) < 4.78 is 0. The van der Waals surface area contributed by atoms with E-state index in [-0.39, 0.29) is 12.1 Å². The Bertz CT molecular complexity index is 346. The number of benzene rings is 1. The summed E-state index contributed by atoms with van der Waals surface area (Å²) in [6.45, 7) is 4.01. The van der Waals surface area contributed by atoms with Crippen molar-refractivity contribution in [2.24, 2.45) is 0 Å². The first-order valence-corrected chi connectivity index (χ1v) is 5.51. The lowest BCUT2D eigenvalue weighted by Crippen LogP contribution is -2.38. The highest BCUT2D eigenvalue weighted by atomic mass is 16.2. The molecule has 16 heavy (non-hydrogen) atoms. The molecule has 0 saturated heterocycles. The molecule has 1 rings (SSSR count). The lowest BCUT2D eigenvalue weighted by Gasteiger charge is -2.10. The average Bonchev–Trinajstić information content (AvgIpc) is 2.30. The Morgan fingerprint density at radius 2 is 2.06 bits per heavy atom. The van der Waals surface area contributed by atoms with Crippen LogP contribution in [0.2, 0.25) is 0 Å². The molecule has 1 aromatic rings. The van der Waals surface area contributed by atoms with Crippen LogP contribution in [0.5, 0.6) is 0 Å². The number of rotatable bonds is 4. The maximum Gasteiger partial charge on any atom is 0.318 e. The fourth-order valence-electron chi connectivity index (χ4n) is 1.15. The van der Waals surface area contributed by atoms with Crippen molar-refractivity contribution in [3.8, 4) is 0 Å². The van der Waals surface area contributed by atoms with E-state index in [1.54, 1.807) is 6.20 Å². The van der Waals surface area contributed by atoms with E-state index < -0.39 is 0 Å². The van der Waals surface area contributed by atoms with E-state index in [2.05, 4.69) is 10.6 Å². The number of hydrogen-bond acceptors (Lipinski definition) is 1. The van der Waals surface area contributed by atoms with E-state index in [9.17, 15) is 4.79 Å². The predicted molar refractivity (Wildman–Crippen MR) is 66.9 cm³/mol. The van der Waals surface area contributed by atoms with Crippen LogP contribution in [0, 0.1) is 0 Å². The van der Waals surface area contributed by atoms with Crippen LogP contribution in [-0.4, -0.2) is 12.1 Å². The van der Waals surface area contributed by atoms with Crippen molar-refractivity contribution < 1.29 is 4.79 Å². The quantitative estimate of drug-likeness (QED) is 0.801. The minimum atomic E-state index is -0.165. The summed E-state index contributed by atoms with van der Waals surface area (Å²) in [6.07, 6.45) is 4.43. The summed E-state index contributed by atoms with van der Waals surface area (Å²) in [7, 11) is 0. The summed E-state index contributed by atoms with van der Waals surface area (Å²) in [5.41, 5.74) is 1.06. The lowest BCUT2D eigenvalue weighted by atomic mass is 10.2. The van der Waals surface area contributed by atoms with E-state index in [1.807, 2.05) is 50.3 Å². The zero-order valence-corrected chi connectivity index (χ0v) is 9.73. The van der Waals surface area contributed by atoms with Crippen LogP contribution < -0.4 is 10.6 Å². The predicted octanol–water partition coefficient (Wildman–Crippen LogP) is 2.76. The van der Waals surface area contributed by atoms with Crippen LogP contribution in [0.25, 0.3) is 6.08 Å². The van der Waals surface area contributed by atoms with E-state index in [0.717, 1.165) is 12.0 Å². The molecule has 0 heterocycles. The van der Waals surface area contributed by atoms with E-state index >= 15 is 0 Å². The molecule has 0 saturated carbocycles. The highest BCUT2D eigenvalue weighted by Gasteiger charge is 2.01. The molecule has 0 aliphatic heterocycles. The SMILES string of the molecule is CCC(C)NC(=O)N/C=C/c1ccccc1. The van der Waals surface area contributed by atoms with Gasteiger partial charge in [-0.15, -0.1) is 0 Å². The molecule has 0 aromatic heterocycles. The van der Waals surface area contributed by atoms with Crippen LogP contribution in [0.3, 0.4) is 0 Å². The fraction of sp³-hybridized carbons (Fsp3) is 0.308. The third-order valence-corrected chi connectivity index (χ3v) is 2.28. The standard InChI is InChI=1S/C13H18N2O/c1-3-11(2)15-13(16)14-10-9-12-7-5-4-6-8-12/h4-11H,3H2,1-2H3,(H2,14,15,16)/b10-9+. The number of hydrogen-bond donors (Lipinski definition) is 2. The lowest BCUT2D eigenvalue weighted by molar-refractivity contribution is 0.241. The van der Waals surface area contributed by atoms with Crippen LogP contribution >= 0.6 is 0 Å². The maximum atomic E-state index is 11.3. The molecule has 0 aliphatic carbocycles. The van der Waals surface area contributed by atoms with Crippen molar-refractivity contribution in [2.75, 3.05) is 0 Å². The van der Waals surface area contributed by atoms with Crippen LogP contribution in [0.1, 0.15) is 25.8 Å². The van der Waals surface area contributed by atoms with Gasteiger partial charge in [0.1, 0.15) is 0 Å². The van der Waals surface area contributed by atoms with Gasteiger partial charge in [-0.1, -0.05) is 37.3 Å². The fourth-order valence-corrected chi connectivity index (χ4v) is 1.15. The van der Waals surface area contributed by atoms with Gasteiger partial charge in [-0.25, -0.2) is 4.79 Å². The molecular formula is C13H18N2O. The van der Waals surface area contributed by atoms with Crippen molar-refractivity contribution in [3.63, 3.8) is 0 Å². The number of carbonyl (C=O) groups excluding carboxylic acids is 1. The van der Waals surface area contributed by atoms with Crippen LogP contribution in [0.4, 0.5) is 4.79 Å². The first kappa shape index (κ1) is 12.3. The zero-order valence-electron chi connectivity index (χ0n) is 9.73. The topological polar surface area (TPSA) is 41.1 Å². The molecule has 1 unspecified atom stereocenters. The number of amides is 2. The first-order valence-electron chi connectivity index (χ1n) is 5.51. The van der Waals surface area contributed by atoms with Gasteiger partial charge in [-0.3, -0.25) is 0 Å². The Morgan fingerprint density at radius 1 is 1.38 bits per heavy atom. The summed E-state index contributed by atoms with van der Waals surface area (Å²) in [5, 5.41) is 5.48. The van der Waals surface area contributed by atoms with Crippen molar-refractivity contribution in [3.05, 3.63) is 42.1 Å². The van der Waals surface area contributed by atoms with Gasteiger partial charge >= 0.3 is 6.03 Å². The molecule has 3 nitrogen and oxygen atoms in total. The Kier molecular flexibility index (Phi) is 5.12. The second kappa shape index (κ2) is 6.67. The third kappa shape index (κ3) is 4.64. The van der Waals surface area contributed by atoms with Crippen molar-refractivity contribution in [1.29, 1.82) is 0 Å². The number of nitrogens with one attached hydrogen (secondary N) is 2. The summed E-state index contributed by atoms with van der Waals surface area (Å²) in [4.78, 5) is 11.3. The molecule has 0 fully saturated rings. The molecule has 0 aliphatic rings. The van der Waals surface area contributed by atoms with Gasteiger partial charge in [-0.05, 0) is 25.0 Å². The van der Waals surface area contributed by atoms with Gasteiger partial charge in [-0.2, -0.15) is 0 Å². The largest absolute Gasteiger partial charge is 0.335 e. The molecule has 2 amide bonds. The van der Waals surface area contributed by atoms with E-state index in [1.165, 1.54) is 0 Å². The molecule has 2 N–H and O–H groups in total. The Hall–Kier alpha value is -1.77. The smallest absolute Gasteiger partial charge is 0.318 e. The highest BCUT2D eigenvalue weighted by molar-refractivity contribution is 5.76. The molecular weight excluding hydrogens is 200 g/mol. The van der Waals surface area contributed by atoms with Crippen LogP contribution in [-0.2, 0) is 0 Å². The van der Waals surface area contributed by atoms with Gasteiger partial charge in [0.2, 0.25) is 0 Å². The number of carbonyl (C=O) groups is 1. The Morgan fingerprint density at radius 3 is 2.69 bits per heavy atom. The molecule has 1 aromatic carbocycles. The monoisotopic (exact) mass is 218 g/mol. The summed E-state index contributed by atoms with van der Waals surface area (Å²) in [6, 6.07) is 9.86. The minimum Gasteiger partial charge on any atom is -0.335 e.